The summed E-state index contributed by atoms with van der Waals surface area (Å²) in [7, 11) is 0. The standard InChI is InChI=1S/C16H20ClN3/c17-15-3-1-13(2-4-15)7-10-20-12-19-11-16(20)14-5-8-18-9-6-14/h1-4,11-12,14,18H,5-10H2. The van der Waals surface area contributed by atoms with Crippen LogP contribution >= 0.6 is 11.6 Å². The van der Waals surface area contributed by atoms with Crippen molar-refractivity contribution in [3.05, 3.63) is 53.1 Å². The predicted octanol–water partition coefficient (Wildman–Crippen LogP) is 3.25. The molecule has 0 unspecified atom stereocenters. The lowest BCUT2D eigenvalue weighted by molar-refractivity contribution is 0.438. The fourth-order valence-corrected chi connectivity index (χ4v) is 3.00. The second-order valence-corrected chi connectivity index (χ2v) is 5.85. The molecule has 0 spiro atoms. The van der Waals surface area contributed by atoms with Crippen LogP contribution < -0.4 is 5.32 Å². The van der Waals surface area contributed by atoms with Crippen LogP contribution in [0.25, 0.3) is 0 Å². The number of piperidine rings is 1. The van der Waals surface area contributed by atoms with Gasteiger partial charge in [0.05, 0.1) is 6.33 Å². The summed E-state index contributed by atoms with van der Waals surface area (Å²) in [5, 5.41) is 4.22. The average molecular weight is 290 g/mol. The molecule has 1 fully saturated rings. The molecule has 1 saturated heterocycles. The molecule has 1 N–H and O–H groups in total. The van der Waals surface area contributed by atoms with Gasteiger partial charge in [0.25, 0.3) is 0 Å². The molecular formula is C16H20ClN3. The highest BCUT2D eigenvalue weighted by atomic mass is 35.5. The fourth-order valence-electron chi connectivity index (χ4n) is 2.88. The summed E-state index contributed by atoms with van der Waals surface area (Å²) in [6.07, 6.45) is 7.45. The quantitative estimate of drug-likeness (QED) is 0.936. The monoisotopic (exact) mass is 289 g/mol. The zero-order chi connectivity index (χ0) is 13.8. The maximum Gasteiger partial charge on any atom is 0.0948 e. The van der Waals surface area contributed by atoms with E-state index in [9.17, 15) is 0 Å². The van der Waals surface area contributed by atoms with Gasteiger partial charge in [-0.3, -0.25) is 0 Å². The molecule has 106 valence electrons. The van der Waals surface area contributed by atoms with Crippen molar-refractivity contribution < 1.29 is 0 Å². The van der Waals surface area contributed by atoms with E-state index in [1.807, 2.05) is 24.7 Å². The van der Waals surface area contributed by atoms with Crippen LogP contribution in [0.4, 0.5) is 0 Å². The number of imidazole rings is 1. The van der Waals surface area contributed by atoms with Crippen molar-refractivity contribution in [3.63, 3.8) is 0 Å². The van der Waals surface area contributed by atoms with Crippen LogP contribution in [0.1, 0.15) is 30.0 Å². The SMILES string of the molecule is Clc1ccc(CCn2cncc2C2CCNCC2)cc1. The van der Waals surface area contributed by atoms with E-state index in [0.29, 0.717) is 5.92 Å². The van der Waals surface area contributed by atoms with E-state index in [1.165, 1.54) is 24.1 Å². The molecule has 1 aliphatic rings. The van der Waals surface area contributed by atoms with Gasteiger partial charge in [0.2, 0.25) is 0 Å². The van der Waals surface area contributed by atoms with Crippen LogP contribution in [-0.2, 0) is 13.0 Å². The molecule has 4 heteroatoms. The third kappa shape index (κ3) is 3.22. The Labute approximate surface area is 125 Å². The van der Waals surface area contributed by atoms with Gasteiger partial charge in [0, 0.05) is 29.4 Å². The summed E-state index contributed by atoms with van der Waals surface area (Å²) in [4.78, 5) is 4.35. The van der Waals surface area contributed by atoms with Crippen LogP contribution in [-0.4, -0.2) is 22.6 Å². The van der Waals surface area contributed by atoms with E-state index in [-0.39, 0.29) is 0 Å². The van der Waals surface area contributed by atoms with Crippen LogP contribution in [0.15, 0.2) is 36.8 Å². The first-order valence-electron chi connectivity index (χ1n) is 7.28. The molecule has 3 rings (SSSR count). The normalized spacial score (nSPS) is 16.4. The molecule has 0 aliphatic carbocycles. The van der Waals surface area contributed by atoms with Crippen LogP contribution in [0, 0.1) is 0 Å². The van der Waals surface area contributed by atoms with Crippen LogP contribution in [0.2, 0.25) is 5.02 Å². The van der Waals surface area contributed by atoms with Gasteiger partial charge in [-0.2, -0.15) is 0 Å². The van der Waals surface area contributed by atoms with Crippen molar-refractivity contribution in [1.82, 2.24) is 14.9 Å². The third-order valence-electron chi connectivity index (χ3n) is 4.06. The number of aromatic nitrogens is 2. The Morgan fingerprint density at radius 2 is 1.95 bits per heavy atom. The second-order valence-electron chi connectivity index (χ2n) is 5.41. The molecule has 0 amide bonds. The Morgan fingerprint density at radius 3 is 2.70 bits per heavy atom. The Morgan fingerprint density at radius 1 is 1.20 bits per heavy atom. The zero-order valence-electron chi connectivity index (χ0n) is 11.6. The first-order chi connectivity index (χ1) is 9.83. The van der Waals surface area contributed by atoms with Gasteiger partial charge in [-0.05, 0) is 50.0 Å². The minimum absolute atomic E-state index is 0.656. The predicted molar refractivity (Wildman–Crippen MR) is 82.2 cm³/mol. The molecule has 20 heavy (non-hydrogen) atoms. The highest BCUT2D eigenvalue weighted by Gasteiger charge is 2.18. The molecule has 0 bridgehead atoms. The number of hydrogen-bond acceptors (Lipinski definition) is 2. The maximum absolute atomic E-state index is 5.92. The lowest BCUT2D eigenvalue weighted by Gasteiger charge is -2.23. The van der Waals surface area contributed by atoms with Gasteiger partial charge in [-0.25, -0.2) is 4.98 Å². The summed E-state index contributed by atoms with van der Waals surface area (Å²) >= 11 is 5.92. The molecule has 3 nitrogen and oxygen atoms in total. The summed E-state index contributed by atoms with van der Waals surface area (Å²) in [5.41, 5.74) is 2.71. The van der Waals surface area contributed by atoms with Gasteiger partial charge in [-0.15, -0.1) is 0 Å². The molecule has 2 heterocycles. The largest absolute Gasteiger partial charge is 0.334 e. The van der Waals surface area contributed by atoms with Gasteiger partial charge in [-0.1, -0.05) is 23.7 Å². The minimum Gasteiger partial charge on any atom is -0.334 e. The highest BCUT2D eigenvalue weighted by molar-refractivity contribution is 6.30. The number of hydrogen-bond donors (Lipinski definition) is 1. The van der Waals surface area contributed by atoms with Crippen LogP contribution in [0.3, 0.4) is 0 Å². The minimum atomic E-state index is 0.656. The zero-order valence-corrected chi connectivity index (χ0v) is 12.3. The van der Waals surface area contributed by atoms with Crippen LogP contribution in [0.5, 0.6) is 0 Å². The maximum atomic E-state index is 5.92. The summed E-state index contributed by atoms with van der Waals surface area (Å²) < 4.78 is 2.31. The van der Waals surface area contributed by atoms with Gasteiger partial charge >= 0.3 is 0 Å². The summed E-state index contributed by atoms with van der Waals surface area (Å²) in [6, 6.07) is 8.12. The first-order valence-corrected chi connectivity index (χ1v) is 7.66. The number of nitrogens with zero attached hydrogens (tertiary/aromatic N) is 2. The van der Waals surface area contributed by atoms with E-state index >= 15 is 0 Å². The lowest BCUT2D eigenvalue weighted by atomic mass is 9.95. The highest BCUT2D eigenvalue weighted by Crippen LogP contribution is 2.25. The van der Waals surface area contributed by atoms with Gasteiger partial charge in [0.15, 0.2) is 0 Å². The number of nitrogens with one attached hydrogen (secondary N) is 1. The number of benzene rings is 1. The van der Waals surface area contributed by atoms with Crippen molar-refractivity contribution in [2.24, 2.45) is 0 Å². The molecule has 1 aromatic heterocycles. The number of aryl methyl sites for hydroxylation is 2. The van der Waals surface area contributed by atoms with Gasteiger partial charge < -0.3 is 9.88 Å². The van der Waals surface area contributed by atoms with Crippen molar-refractivity contribution in [3.8, 4) is 0 Å². The van der Waals surface area contributed by atoms with Crippen molar-refractivity contribution in [1.29, 1.82) is 0 Å². The third-order valence-corrected chi connectivity index (χ3v) is 4.31. The summed E-state index contributed by atoms with van der Waals surface area (Å²) in [5.74, 6) is 0.656. The van der Waals surface area contributed by atoms with Crippen molar-refractivity contribution in [2.45, 2.75) is 31.7 Å². The van der Waals surface area contributed by atoms with E-state index < -0.39 is 0 Å². The molecule has 2 aromatic rings. The van der Waals surface area contributed by atoms with E-state index in [0.717, 1.165) is 31.1 Å². The van der Waals surface area contributed by atoms with Gasteiger partial charge in [0.1, 0.15) is 0 Å². The molecule has 1 aromatic carbocycles. The average Bonchev–Trinajstić information content (AvgIpc) is 2.96. The smallest absolute Gasteiger partial charge is 0.0948 e. The fraction of sp³-hybridized carbons (Fsp3) is 0.438. The molecule has 0 atom stereocenters. The molecular weight excluding hydrogens is 270 g/mol. The Balaban J connectivity index is 1.65. The lowest BCUT2D eigenvalue weighted by Crippen LogP contribution is -2.27. The Kier molecular flexibility index (Phi) is 4.38. The van der Waals surface area contributed by atoms with Crippen molar-refractivity contribution >= 4 is 11.6 Å². The summed E-state index contributed by atoms with van der Waals surface area (Å²) in [6.45, 7) is 3.22. The van der Waals surface area contributed by atoms with Crippen molar-refractivity contribution in [2.75, 3.05) is 13.1 Å². The van der Waals surface area contributed by atoms with E-state index in [1.54, 1.807) is 0 Å². The second kappa shape index (κ2) is 6.42. The van der Waals surface area contributed by atoms with E-state index in [2.05, 4.69) is 27.0 Å². The first kappa shape index (κ1) is 13.7. The molecule has 1 aliphatic heterocycles. The Hall–Kier alpha value is -1.32. The number of halogens is 1. The topological polar surface area (TPSA) is 29.9 Å². The Bertz CT molecular complexity index is 541. The van der Waals surface area contributed by atoms with E-state index in [4.69, 9.17) is 11.6 Å². The molecule has 0 saturated carbocycles. The molecule has 0 radical (unpaired) electrons. The number of rotatable bonds is 4.